The number of hydrogen-bond donors (Lipinski definition) is 1. The van der Waals surface area contributed by atoms with E-state index < -0.39 is 28.5 Å². The molecule has 2 amide bonds. The van der Waals surface area contributed by atoms with Crippen LogP contribution in [-0.2, 0) is 32.6 Å². The number of sulfonamides is 1. The van der Waals surface area contributed by atoms with Gasteiger partial charge < -0.3 is 19.7 Å². The van der Waals surface area contributed by atoms with Gasteiger partial charge in [-0.15, -0.1) is 0 Å². The summed E-state index contributed by atoms with van der Waals surface area (Å²) in [5.74, 6) is -0.330. The number of carbonyl (C=O) groups is 2. The van der Waals surface area contributed by atoms with Gasteiger partial charge in [-0.25, -0.2) is 8.42 Å². The van der Waals surface area contributed by atoms with Crippen LogP contribution in [0.15, 0.2) is 108 Å². The summed E-state index contributed by atoms with van der Waals surface area (Å²) in [6.07, 6.45) is 0.903. The molecule has 2 atom stereocenters. The fraction of sp³-hybridized carbons (Fsp3) is 0.278. The highest BCUT2D eigenvalue weighted by atomic mass is 35.5. The lowest BCUT2D eigenvalue weighted by atomic mass is 10.0. The maximum Gasteiger partial charge on any atom is 0.264 e. The molecule has 0 bridgehead atoms. The van der Waals surface area contributed by atoms with Gasteiger partial charge in [0, 0.05) is 30.1 Å². The molecule has 0 heterocycles. The van der Waals surface area contributed by atoms with E-state index in [1.165, 1.54) is 37.3 Å². The third-order valence-corrected chi connectivity index (χ3v) is 9.79. The van der Waals surface area contributed by atoms with Crippen molar-refractivity contribution in [1.29, 1.82) is 0 Å². The molecule has 0 aliphatic heterocycles. The monoisotopic (exact) mass is 677 g/mol. The first-order chi connectivity index (χ1) is 22.6. The molecule has 0 aliphatic carbocycles. The van der Waals surface area contributed by atoms with Crippen molar-refractivity contribution >= 4 is 39.1 Å². The highest BCUT2D eigenvalue weighted by Crippen LogP contribution is 2.32. The number of methoxy groups -OCH3 is 2. The summed E-state index contributed by atoms with van der Waals surface area (Å²) in [6, 6.07) is 28.0. The lowest BCUT2D eigenvalue weighted by Gasteiger charge is -2.34. The number of nitrogens with one attached hydrogen (secondary N) is 1. The van der Waals surface area contributed by atoms with Crippen LogP contribution in [-0.4, -0.2) is 58.0 Å². The predicted molar refractivity (Wildman–Crippen MR) is 184 cm³/mol. The molecule has 11 heteroatoms. The van der Waals surface area contributed by atoms with E-state index in [0.717, 1.165) is 9.87 Å². The number of hydrogen-bond acceptors (Lipinski definition) is 6. The van der Waals surface area contributed by atoms with E-state index in [-0.39, 0.29) is 41.2 Å². The Balaban J connectivity index is 1.81. The zero-order valence-corrected chi connectivity index (χ0v) is 28.5. The van der Waals surface area contributed by atoms with Gasteiger partial charge in [0.2, 0.25) is 11.8 Å². The fourth-order valence-electron chi connectivity index (χ4n) is 5.05. The summed E-state index contributed by atoms with van der Waals surface area (Å²) >= 11 is 6.32. The van der Waals surface area contributed by atoms with Gasteiger partial charge in [-0.3, -0.25) is 13.9 Å². The number of para-hydroxylation sites is 1. The number of ether oxygens (including phenoxy) is 2. The lowest BCUT2D eigenvalue weighted by molar-refractivity contribution is -0.140. The number of benzene rings is 4. The molecule has 4 aromatic carbocycles. The Bertz CT molecular complexity index is 1760. The van der Waals surface area contributed by atoms with E-state index >= 15 is 0 Å². The number of rotatable bonds is 15. The standard InChI is InChI=1S/C36H40ClN3O6S/c1-5-26(2)38-36(42)32(22-27-13-8-6-9-14-27)39(24-28-15-12-16-29(37)21-28)35(41)25-40(30-17-10-7-11-18-30)47(43,44)31-19-20-33(45-3)34(23-31)46-4/h6-21,23,26,32H,5,22,24-25H2,1-4H3,(H,38,42)/t26-,32-/m0/s1. The Labute approximate surface area is 282 Å². The lowest BCUT2D eigenvalue weighted by Crippen LogP contribution is -2.54. The van der Waals surface area contributed by atoms with Crippen molar-refractivity contribution in [2.75, 3.05) is 25.1 Å². The molecule has 0 aromatic heterocycles. The van der Waals surface area contributed by atoms with Gasteiger partial charge in [0.1, 0.15) is 12.6 Å². The van der Waals surface area contributed by atoms with Crippen molar-refractivity contribution in [3.63, 3.8) is 0 Å². The minimum Gasteiger partial charge on any atom is -0.493 e. The van der Waals surface area contributed by atoms with E-state index in [4.69, 9.17) is 21.1 Å². The van der Waals surface area contributed by atoms with Crippen molar-refractivity contribution < 1.29 is 27.5 Å². The summed E-state index contributed by atoms with van der Waals surface area (Å²) in [7, 11) is -1.45. The Morgan fingerprint density at radius 1 is 0.830 bits per heavy atom. The van der Waals surface area contributed by atoms with Gasteiger partial charge in [0.15, 0.2) is 11.5 Å². The van der Waals surface area contributed by atoms with Crippen LogP contribution in [0.2, 0.25) is 5.02 Å². The third-order valence-electron chi connectivity index (χ3n) is 7.78. The highest BCUT2D eigenvalue weighted by molar-refractivity contribution is 7.92. The summed E-state index contributed by atoms with van der Waals surface area (Å²) < 4.78 is 40.3. The van der Waals surface area contributed by atoms with E-state index in [2.05, 4.69) is 5.32 Å². The normalized spacial score (nSPS) is 12.4. The van der Waals surface area contributed by atoms with Gasteiger partial charge in [-0.05, 0) is 60.9 Å². The molecule has 0 unspecified atom stereocenters. The quantitative estimate of drug-likeness (QED) is 0.163. The van der Waals surface area contributed by atoms with Crippen LogP contribution >= 0.6 is 11.6 Å². The zero-order chi connectivity index (χ0) is 34.0. The molecule has 0 radical (unpaired) electrons. The van der Waals surface area contributed by atoms with Crippen LogP contribution in [0.1, 0.15) is 31.4 Å². The fourth-order valence-corrected chi connectivity index (χ4v) is 6.70. The Morgan fingerprint density at radius 3 is 2.09 bits per heavy atom. The molecule has 248 valence electrons. The second kappa shape index (κ2) is 16.3. The maximum atomic E-state index is 14.6. The third kappa shape index (κ3) is 9.05. The van der Waals surface area contributed by atoms with Crippen LogP contribution in [0.5, 0.6) is 11.5 Å². The Kier molecular flexibility index (Phi) is 12.3. The van der Waals surface area contributed by atoms with Crippen molar-refractivity contribution in [3.8, 4) is 11.5 Å². The first-order valence-corrected chi connectivity index (χ1v) is 17.1. The highest BCUT2D eigenvalue weighted by Gasteiger charge is 2.35. The molecule has 0 fully saturated rings. The van der Waals surface area contributed by atoms with Crippen molar-refractivity contribution in [2.45, 2.75) is 50.2 Å². The van der Waals surface area contributed by atoms with Crippen LogP contribution in [0.25, 0.3) is 0 Å². The predicted octanol–water partition coefficient (Wildman–Crippen LogP) is 6.11. The first kappa shape index (κ1) is 35.3. The van der Waals surface area contributed by atoms with Crippen LogP contribution in [0.4, 0.5) is 5.69 Å². The van der Waals surface area contributed by atoms with Gasteiger partial charge in [-0.1, -0.05) is 79.2 Å². The van der Waals surface area contributed by atoms with Crippen molar-refractivity contribution in [2.24, 2.45) is 0 Å². The van der Waals surface area contributed by atoms with Crippen molar-refractivity contribution in [1.82, 2.24) is 10.2 Å². The largest absolute Gasteiger partial charge is 0.493 e. The zero-order valence-electron chi connectivity index (χ0n) is 26.9. The van der Waals surface area contributed by atoms with Crippen molar-refractivity contribution in [3.05, 3.63) is 119 Å². The molecule has 1 N–H and O–H groups in total. The molecule has 4 rings (SSSR count). The van der Waals surface area contributed by atoms with Gasteiger partial charge in [0.25, 0.3) is 10.0 Å². The van der Waals surface area contributed by atoms with Gasteiger partial charge >= 0.3 is 0 Å². The Morgan fingerprint density at radius 2 is 1.47 bits per heavy atom. The summed E-state index contributed by atoms with van der Waals surface area (Å²) in [5, 5.41) is 3.50. The van der Waals surface area contributed by atoms with E-state index in [1.54, 1.807) is 48.5 Å². The maximum absolute atomic E-state index is 14.6. The minimum absolute atomic E-state index is 0.0177. The summed E-state index contributed by atoms with van der Waals surface area (Å²) in [6.45, 7) is 3.29. The molecule has 0 saturated carbocycles. The number of anilines is 1. The van der Waals surface area contributed by atoms with Crippen LogP contribution in [0, 0.1) is 0 Å². The van der Waals surface area contributed by atoms with E-state index in [0.29, 0.717) is 22.8 Å². The molecular weight excluding hydrogens is 638 g/mol. The van der Waals surface area contributed by atoms with E-state index in [9.17, 15) is 18.0 Å². The van der Waals surface area contributed by atoms with Crippen LogP contribution < -0.4 is 19.1 Å². The summed E-state index contributed by atoms with van der Waals surface area (Å²) in [4.78, 5) is 29.9. The average Bonchev–Trinajstić information content (AvgIpc) is 3.08. The van der Waals surface area contributed by atoms with E-state index in [1.807, 2.05) is 50.2 Å². The number of amides is 2. The Hall–Kier alpha value is -4.54. The van der Waals surface area contributed by atoms with Gasteiger partial charge in [-0.2, -0.15) is 0 Å². The molecule has 0 spiro atoms. The molecule has 9 nitrogen and oxygen atoms in total. The topological polar surface area (TPSA) is 105 Å². The smallest absolute Gasteiger partial charge is 0.264 e. The first-order valence-electron chi connectivity index (χ1n) is 15.2. The molecule has 0 aliphatic rings. The number of carbonyl (C=O) groups excluding carboxylic acids is 2. The second-order valence-corrected chi connectivity index (χ2v) is 13.3. The SMILES string of the molecule is CC[C@H](C)NC(=O)[C@H](Cc1ccccc1)N(Cc1cccc(Cl)c1)C(=O)CN(c1ccccc1)S(=O)(=O)c1ccc(OC)c(OC)c1. The minimum atomic E-state index is -4.32. The second-order valence-electron chi connectivity index (χ2n) is 11.0. The molecule has 4 aromatic rings. The molecule has 0 saturated heterocycles. The number of halogens is 1. The number of nitrogens with zero attached hydrogens (tertiary/aromatic N) is 2. The van der Waals surface area contributed by atoms with Gasteiger partial charge in [0.05, 0.1) is 24.8 Å². The molecular formula is C36H40ClN3O6S. The average molecular weight is 678 g/mol. The molecule has 47 heavy (non-hydrogen) atoms. The summed E-state index contributed by atoms with van der Waals surface area (Å²) in [5.41, 5.74) is 1.81. The van der Waals surface area contributed by atoms with Crippen LogP contribution in [0.3, 0.4) is 0 Å².